The zero-order valence-electron chi connectivity index (χ0n) is 19.9. The second kappa shape index (κ2) is 10.4. The van der Waals surface area contributed by atoms with Gasteiger partial charge in [-0.1, -0.05) is 24.0 Å². The van der Waals surface area contributed by atoms with Gasteiger partial charge in [0.1, 0.15) is 5.75 Å². The van der Waals surface area contributed by atoms with Crippen LogP contribution in [-0.4, -0.2) is 34.4 Å². The summed E-state index contributed by atoms with van der Waals surface area (Å²) >= 11 is 0. The van der Waals surface area contributed by atoms with Crippen molar-refractivity contribution in [1.82, 2.24) is 4.98 Å². The summed E-state index contributed by atoms with van der Waals surface area (Å²) in [5.74, 6) is 6.04. The molecule has 0 fully saturated rings. The van der Waals surface area contributed by atoms with Crippen molar-refractivity contribution in [3.63, 3.8) is 0 Å². The molecule has 180 valence electrons. The molecule has 1 atom stereocenters. The predicted octanol–water partition coefficient (Wildman–Crippen LogP) is 4.90. The first kappa shape index (κ1) is 24.6. The van der Waals surface area contributed by atoms with Gasteiger partial charge in [-0.25, -0.2) is 4.21 Å². The number of hydrogen-bond acceptors (Lipinski definition) is 5. The van der Waals surface area contributed by atoms with E-state index in [9.17, 15) is 13.8 Å². The lowest BCUT2D eigenvalue weighted by molar-refractivity contribution is -0.114. The highest BCUT2D eigenvalue weighted by Crippen LogP contribution is 2.22. The van der Waals surface area contributed by atoms with Gasteiger partial charge in [0.15, 0.2) is 0 Å². The number of nitrogens with one attached hydrogen (secondary N) is 1. The summed E-state index contributed by atoms with van der Waals surface area (Å²) in [7, 11) is -1.38. The molecule has 1 heterocycles. The average molecular weight is 498 g/mol. The molecular weight excluding hydrogens is 474 g/mol. The number of hydrogen-bond donors (Lipinski definition) is 1. The molecule has 3 aromatic carbocycles. The molecule has 36 heavy (non-hydrogen) atoms. The number of rotatable bonds is 4. The zero-order chi connectivity index (χ0) is 25.7. The average Bonchev–Trinajstić information content (AvgIpc) is 2.87. The van der Waals surface area contributed by atoms with Gasteiger partial charge in [0.2, 0.25) is 5.91 Å². The van der Waals surface area contributed by atoms with Gasteiger partial charge in [0, 0.05) is 47.3 Å². The number of methoxy groups -OCH3 is 1. The minimum absolute atomic E-state index is 0.192. The Morgan fingerprint density at radius 1 is 0.917 bits per heavy atom. The maximum atomic E-state index is 13.1. The fourth-order valence-corrected chi connectivity index (χ4v) is 4.62. The Labute approximate surface area is 209 Å². The van der Waals surface area contributed by atoms with Gasteiger partial charge in [-0.3, -0.25) is 14.6 Å². The van der Waals surface area contributed by atoms with Crippen LogP contribution in [0.15, 0.2) is 88.4 Å². The lowest BCUT2D eigenvalue weighted by Crippen LogP contribution is -2.07. The van der Waals surface area contributed by atoms with Crippen molar-refractivity contribution in [3.8, 4) is 17.6 Å². The van der Waals surface area contributed by atoms with Crippen LogP contribution in [0.2, 0.25) is 0 Å². The van der Waals surface area contributed by atoms with Gasteiger partial charge in [-0.15, -0.1) is 0 Å². The van der Waals surface area contributed by atoms with Gasteiger partial charge in [-0.2, -0.15) is 4.36 Å². The molecule has 4 aromatic rings. The molecule has 7 nitrogen and oxygen atoms in total. The summed E-state index contributed by atoms with van der Waals surface area (Å²) in [4.78, 5) is 28.4. The lowest BCUT2D eigenvalue weighted by atomic mass is 10.1. The second-order valence-electron chi connectivity index (χ2n) is 8.04. The van der Waals surface area contributed by atoms with Crippen molar-refractivity contribution < 1.29 is 18.5 Å². The molecule has 0 bridgehead atoms. The molecule has 0 saturated carbocycles. The molecule has 1 N–H and O–H groups in total. The van der Waals surface area contributed by atoms with Crippen LogP contribution in [0, 0.1) is 11.8 Å². The van der Waals surface area contributed by atoms with Gasteiger partial charge < -0.3 is 10.1 Å². The fraction of sp³-hybridized carbons (Fsp3) is 0.107. The smallest absolute Gasteiger partial charge is 0.286 e. The van der Waals surface area contributed by atoms with Crippen LogP contribution in [0.1, 0.15) is 28.4 Å². The topological polar surface area (TPSA) is 97.7 Å². The van der Waals surface area contributed by atoms with E-state index in [4.69, 9.17) is 4.74 Å². The van der Waals surface area contributed by atoms with Crippen LogP contribution >= 0.6 is 0 Å². The number of benzene rings is 3. The number of amides is 2. The molecule has 8 heteroatoms. The number of pyridine rings is 1. The number of aromatic nitrogens is 1. The third kappa shape index (κ3) is 5.95. The Morgan fingerprint density at radius 3 is 2.33 bits per heavy atom. The largest absolute Gasteiger partial charge is 0.497 e. The summed E-state index contributed by atoms with van der Waals surface area (Å²) < 4.78 is 22.3. The van der Waals surface area contributed by atoms with E-state index >= 15 is 0 Å². The number of fused-ring (bicyclic) bond motifs is 1. The van der Waals surface area contributed by atoms with Crippen molar-refractivity contribution >= 4 is 38.0 Å². The van der Waals surface area contributed by atoms with Crippen molar-refractivity contribution in [2.45, 2.75) is 11.8 Å². The van der Waals surface area contributed by atoms with E-state index < -0.39 is 15.6 Å². The molecule has 1 aromatic heterocycles. The van der Waals surface area contributed by atoms with E-state index in [2.05, 4.69) is 26.5 Å². The number of carbonyl (C=O) groups excluding carboxylic acids is 2. The van der Waals surface area contributed by atoms with Gasteiger partial charge in [0.25, 0.3) is 5.91 Å². The molecule has 1 unspecified atom stereocenters. The molecule has 0 saturated heterocycles. The highest BCUT2D eigenvalue weighted by atomic mass is 32.2. The molecule has 4 rings (SSSR count). The van der Waals surface area contributed by atoms with Crippen LogP contribution in [-0.2, 0) is 14.5 Å². The Kier molecular flexibility index (Phi) is 7.13. The SMILES string of the molecule is COc1ccc2cc(C#Cc3cncc(C(=O)N=S(C)(=O)c4ccc(NC(C)=O)cc4)c3)ccc2c1. The summed E-state index contributed by atoms with van der Waals surface area (Å²) in [6.45, 7) is 1.40. The normalized spacial score (nSPS) is 12.1. The van der Waals surface area contributed by atoms with Crippen molar-refractivity contribution in [2.75, 3.05) is 18.7 Å². The predicted molar refractivity (Wildman–Crippen MR) is 141 cm³/mol. The Bertz CT molecular complexity index is 1660. The van der Waals surface area contributed by atoms with Crippen molar-refractivity contribution in [1.29, 1.82) is 0 Å². The maximum Gasteiger partial charge on any atom is 0.286 e. The van der Waals surface area contributed by atoms with Gasteiger partial charge >= 0.3 is 0 Å². The quantitative estimate of drug-likeness (QED) is 0.405. The molecule has 0 spiro atoms. The second-order valence-corrected chi connectivity index (χ2v) is 10.3. The Morgan fingerprint density at radius 2 is 1.61 bits per heavy atom. The summed E-state index contributed by atoms with van der Waals surface area (Å²) in [6, 6.07) is 19.6. The van der Waals surface area contributed by atoms with E-state index in [1.165, 1.54) is 19.4 Å². The molecule has 0 radical (unpaired) electrons. The molecule has 0 aliphatic heterocycles. The standard InChI is InChI=1S/C28H23N3O4S/c1-19(32)30-25-9-12-27(13-10-25)36(3,34)31-28(33)24-15-21(17-29-18-24)5-4-20-6-7-23-16-26(35-2)11-8-22(23)14-20/h6-18H,1-3H3,(H,30,32). The summed E-state index contributed by atoms with van der Waals surface area (Å²) in [6.07, 6.45) is 4.32. The molecule has 2 amide bonds. The van der Waals surface area contributed by atoms with Crippen LogP contribution in [0.3, 0.4) is 0 Å². The third-order valence-corrected chi connectivity index (χ3v) is 6.91. The highest BCUT2D eigenvalue weighted by Gasteiger charge is 2.12. The summed E-state index contributed by atoms with van der Waals surface area (Å²) in [5, 5.41) is 4.72. The monoisotopic (exact) mass is 497 g/mol. The fourth-order valence-electron chi connectivity index (χ4n) is 3.46. The van der Waals surface area contributed by atoms with Crippen molar-refractivity contribution in [2.24, 2.45) is 4.36 Å². The van der Waals surface area contributed by atoms with Crippen LogP contribution in [0.25, 0.3) is 10.8 Å². The Balaban J connectivity index is 1.55. The van der Waals surface area contributed by atoms with E-state index in [0.29, 0.717) is 16.1 Å². The van der Waals surface area contributed by atoms with E-state index in [0.717, 1.165) is 22.1 Å². The summed E-state index contributed by atoms with van der Waals surface area (Å²) in [5.41, 5.74) is 2.10. The van der Waals surface area contributed by atoms with Crippen molar-refractivity contribution in [3.05, 3.63) is 95.8 Å². The molecule has 0 aliphatic rings. The number of ether oxygens (including phenoxy) is 1. The lowest BCUT2D eigenvalue weighted by Gasteiger charge is -2.06. The zero-order valence-corrected chi connectivity index (χ0v) is 20.8. The first-order valence-corrected chi connectivity index (χ1v) is 12.8. The first-order valence-electron chi connectivity index (χ1n) is 10.9. The molecular formula is C28H23N3O4S. The minimum Gasteiger partial charge on any atom is -0.497 e. The maximum absolute atomic E-state index is 13.1. The number of anilines is 1. The Hall–Kier alpha value is -4.48. The third-order valence-electron chi connectivity index (χ3n) is 5.25. The van der Waals surface area contributed by atoms with E-state index in [1.54, 1.807) is 43.6 Å². The minimum atomic E-state index is -3.01. The number of carbonyl (C=O) groups is 2. The number of nitrogens with zero attached hydrogens (tertiary/aromatic N) is 2. The van der Waals surface area contributed by atoms with Crippen LogP contribution in [0.5, 0.6) is 5.75 Å². The van der Waals surface area contributed by atoms with Gasteiger partial charge in [-0.05, 0) is 65.4 Å². The highest BCUT2D eigenvalue weighted by molar-refractivity contribution is 7.93. The van der Waals surface area contributed by atoms with Crippen LogP contribution in [0.4, 0.5) is 5.69 Å². The van der Waals surface area contributed by atoms with Crippen LogP contribution < -0.4 is 10.1 Å². The van der Waals surface area contributed by atoms with E-state index in [-0.39, 0.29) is 11.5 Å². The van der Waals surface area contributed by atoms with Gasteiger partial charge in [0.05, 0.1) is 22.4 Å². The molecule has 0 aliphatic carbocycles. The first-order chi connectivity index (χ1) is 17.2. The van der Waals surface area contributed by atoms with E-state index in [1.807, 2.05) is 36.4 Å².